The Morgan fingerprint density at radius 3 is 1.50 bits per heavy atom. The average Bonchev–Trinajstić information content (AvgIpc) is 3.65. The van der Waals surface area contributed by atoms with E-state index in [4.69, 9.17) is 4.42 Å². The quantitative estimate of drug-likeness (QED) is 0.161. The second-order valence-corrected chi connectivity index (χ2v) is 27.7. The average molecular weight is 879 g/mol. The first kappa shape index (κ1) is 44.3. The molecule has 1 aromatic heterocycles. The molecule has 0 amide bonds. The van der Waals surface area contributed by atoms with Crippen molar-refractivity contribution in [2.24, 2.45) is 0 Å². The molecule has 3 nitrogen and oxygen atoms in total. The van der Waals surface area contributed by atoms with Gasteiger partial charge in [-0.15, -0.1) is 0 Å². The standard InChI is InChI=1S/C62H79BN2O/c1-36-31-47-51-48(32-36)65(45-22-21-40-49(37(45)2)60(13,14)28-27-56(40,5)6)52-50-53(62(17,18)30-29-61(50,15)16)66-54(52)63(51)44-34-42-43(59(11,12)26-25-58(42,9)10)35-46(44)64(47)38-19-20-39-41(33-38)57(7,8)24-23-55(39,3)4/h19-22,31-35H,23-30H2,1-18H3. The zero-order valence-electron chi connectivity index (χ0n) is 44.2. The van der Waals surface area contributed by atoms with Gasteiger partial charge in [0.05, 0.1) is 11.3 Å². The van der Waals surface area contributed by atoms with Crippen molar-refractivity contribution in [3.05, 3.63) is 110 Å². The van der Waals surface area contributed by atoms with E-state index >= 15 is 0 Å². The van der Waals surface area contributed by atoms with Gasteiger partial charge in [-0.25, -0.2) is 0 Å². The van der Waals surface area contributed by atoms with Crippen LogP contribution in [0.2, 0.25) is 0 Å². The summed E-state index contributed by atoms with van der Waals surface area (Å²) in [6.07, 6.45) is 9.37. The fourth-order valence-corrected chi connectivity index (χ4v) is 14.5. The molecule has 0 spiro atoms. The summed E-state index contributed by atoms with van der Waals surface area (Å²) in [6, 6.07) is 23.0. The smallest absolute Gasteiger partial charge is 0.297 e. The molecule has 4 heteroatoms. The van der Waals surface area contributed by atoms with Gasteiger partial charge in [0, 0.05) is 39.4 Å². The van der Waals surface area contributed by atoms with Gasteiger partial charge in [0.25, 0.3) is 6.71 Å². The van der Waals surface area contributed by atoms with Crippen LogP contribution in [0.3, 0.4) is 0 Å². The van der Waals surface area contributed by atoms with Gasteiger partial charge in [0.2, 0.25) is 0 Å². The van der Waals surface area contributed by atoms with Gasteiger partial charge >= 0.3 is 0 Å². The molecule has 0 saturated carbocycles. The normalized spacial score (nSPS) is 23.4. The summed E-state index contributed by atoms with van der Waals surface area (Å²) in [6.45, 7) is 44.4. The first-order valence-corrected chi connectivity index (χ1v) is 25.9. The van der Waals surface area contributed by atoms with E-state index in [1.807, 2.05) is 0 Å². The molecule has 4 aromatic carbocycles. The molecule has 3 heterocycles. The van der Waals surface area contributed by atoms with Crippen LogP contribution in [0.4, 0.5) is 34.1 Å². The Labute approximate surface area is 399 Å². The van der Waals surface area contributed by atoms with E-state index < -0.39 is 0 Å². The van der Waals surface area contributed by atoms with Gasteiger partial charge < -0.3 is 14.2 Å². The van der Waals surface area contributed by atoms with E-state index in [0.717, 1.165) is 18.5 Å². The number of aryl methyl sites for hydroxylation is 1. The van der Waals surface area contributed by atoms with Crippen molar-refractivity contribution in [2.45, 2.75) is 219 Å². The highest BCUT2D eigenvalue weighted by Gasteiger charge is 2.54. The van der Waals surface area contributed by atoms with Crippen LogP contribution < -0.4 is 26.4 Å². The molecule has 0 unspecified atom stereocenters. The molecule has 6 aliphatic rings. The lowest BCUT2D eigenvalue weighted by atomic mass is 9.35. The molecule has 0 fully saturated rings. The van der Waals surface area contributed by atoms with E-state index in [1.165, 1.54) is 134 Å². The molecule has 66 heavy (non-hydrogen) atoms. The number of hydrogen-bond donors (Lipinski definition) is 0. The number of benzene rings is 4. The summed E-state index contributed by atoms with van der Waals surface area (Å²) in [5, 5.41) is 0. The predicted octanol–water partition coefficient (Wildman–Crippen LogP) is 15.4. The van der Waals surface area contributed by atoms with Crippen LogP contribution >= 0.6 is 0 Å². The maximum atomic E-state index is 7.84. The van der Waals surface area contributed by atoms with Gasteiger partial charge in [0.1, 0.15) is 5.76 Å². The van der Waals surface area contributed by atoms with Gasteiger partial charge in [-0.05, 0) is 195 Å². The van der Waals surface area contributed by atoms with Crippen LogP contribution in [-0.4, -0.2) is 6.71 Å². The van der Waals surface area contributed by atoms with Crippen LogP contribution in [0.1, 0.15) is 218 Å². The minimum atomic E-state index is -0.0924. The zero-order chi connectivity index (χ0) is 47.4. The predicted molar refractivity (Wildman–Crippen MR) is 283 cm³/mol. The summed E-state index contributed by atoms with van der Waals surface area (Å²) in [5.74, 6) is 1.19. The largest absolute Gasteiger partial charge is 0.472 e. The van der Waals surface area contributed by atoms with Crippen LogP contribution in [-0.2, 0) is 43.3 Å². The molecule has 0 saturated heterocycles. The van der Waals surface area contributed by atoms with E-state index in [9.17, 15) is 0 Å². The molecule has 11 rings (SSSR count). The Balaban J connectivity index is 1.29. The first-order chi connectivity index (χ1) is 30.5. The van der Waals surface area contributed by atoms with Gasteiger partial charge in [-0.2, -0.15) is 0 Å². The molecule has 0 atom stereocenters. The molecular weight excluding hydrogens is 800 g/mol. The Morgan fingerprint density at radius 1 is 0.424 bits per heavy atom. The fraction of sp³-hybridized carbons (Fsp3) is 0.548. The number of nitrogens with zero attached hydrogens (tertiary/aromatic N) is 2. The zero-order valence-corrected chi connectivity index (χ0v) is 44.2. The van der Waals surface area contributed by atoms with Gasteiger partial charge in [-0.1, -0.05) is 129 Å². The van der Waals surface area contributed by atoms with Crippen LogP contribution in [0.25, 0.3) is 0 Å². The van der Waals surface area contributed by atoms with Crippen LogP contribution in [0.5, 0.6) is 0 Å². The third-order valence-corrected chi connectivity index (χ3v) is 19.2. The van der Waals surface area contributed by atoms with Crippen molar-refractivity contribution < 1.29 is 4.42 Å². The summed E-state index contributed by atoms with van der Waals surface area (Å²) >= 11 is 0. The Kier molecular flexibility index (Phi) is 8.95. The number of hydrogen-bond acceptors (Lipinski definition) is 3. The molecule has 5 aromatic rings. The van der Waals surface area contributed by atoms with E-state index in [1.54, 1.807) is 5.56 Å². The number of fused-ring (bicyclic) bond motifs is 9. The molecule has 0 bridgehead atoms. The number of anilines is 6. The van der Waals surface area contributed by atoms with Crippen molar-refractivity contribution in [2.75, 3.05) is 9.80 Å². The third-order valence-electron chi connectivity index (χ3n) is 19.2. The molecule has 2 aliphatic heterocycles. The lowest BCUT2D eigenvalue weighted by Gasteiger charge is -2.48. The van der Waals surface area contributed by atoms with Crippen molar-refractivity contribution >= 4 is 57.4 Å². The first-order valence-electron chi connectivity index (χ1n) is 25.9. The van der Waals surface area contributed by atoms with Crippen LogP contribution in [0, 0.1) is 13.8 Å². The summed E-state index contributed by atoms with van der Waals surface area (Å²) in [5.41, 5.74) is 25.3. The highest BCUT2D eigenvalue weighted by atomic mass is 16.3. The summed E-state index contributed by atoms with van der Waals surface area (Å²) in [4.78, 5) is 5.45. The minimum absolute atomic E-state index is 0.0548. The third kappa shape index (κ3) is 6.00. The second kappa shape index (κ2) is 13.3. The second-order valence-electron chi connectivity index (χ2n) is 27.7. The molecular formula is C62H79BN2O. The van der Waals surface area contributed by atoms with Crippen molar-refractivity contribution in [3.63, 3.8) is 0 Å². The minimum Gasteiger partial charge on any atom is -0.472 e. The van der Waals surface area contributed by atoms with E-state index in [2.05, 4.69) is 189 Å². The van der Waals surface area contributed by atoms with E-state index in [-0.39, 0.29) is 50.0 Å². The lowest BCUT2D eigenvalue weighted by molar-refractivity contribution is 0.282. The Bertz CT molecular complexity index is 2920. The Hall–Kier alpha value is -4.18. The molecule has 346 valence electrons. The van der Waals surface area contributed by atoms with Crippen molar-refractivity contribution in [1.29, 1.82) is 0 Å². The maximum Gasteiger partial charge on any atom is 0.297 e. The summed E-state index contributed by atoms with van der Waals surface area (Å²) < 4.78 is 7.84. The molecule has 4 aliphatic carbocycles. The lowest BCUT2D eigenvalue weighted by Crippen LogP contribution is -2.61. The highest BCUT2D eigenvalue weighted by molar-refractivity contribution is 6.99. The van der Waals surface area contributed by atoms with Gasteiger partial charge in [0.15, 0.2) is 0 Å². The topological polar surface area (TPSA) is 19.6 Å². The Morgan fingerprint density at radius 2 is 0.894 bits per heavy atom. The highest BCUT2D eigenvalue weighted by Crippen LogP contribution is 2.58. The number of rotatable bonds is 2. The number of furan rings is 1. The van der Waals surface area contributed by atoms with E-state index in [0.29, 0.717) is 0 Å². The molecule has 0 radical (unpaired) electrons. The van der Waals surface area contributed by atoms with Crippen molar-refractivity contribution in [1.82, 2.24) is 0 Å². The SMILES string of the molecule is Cc1cc2c3c(c1)N(c1ccc4c(c1C)C(C)(C)CCC4(C)C)c1c(oc4c1C(C)(C)CCC4(C)C)B3c1cc3c(cc1N2c1ccc2c(c1)C(C)(C)CCC2(C)C)C(C)(C)CCC3(C)C. The molecule has 0 N–H and O–H groups in total. The van der Waals surface area contributed by atoms with Gasteiger partial charge in [-0.3, -0.25) is 0 Å². The van der Waals surface area contributed by atoms with Crippen molar-refractivity contribution in [3.8, 4) is 0 Å². The maximum absolute atomic E-state index is 7.84. The fourth-order valence-electron chi connectivity index (χ4n) is 14.5. The monoisotopic (exact) mass is 879 g/mol. The van der Waals surface area contributed by atoms with Crippen LogP contribution in [0.15, 0.2) is 59.0 Å². The summed E-state index contributed by atoms with van der Waals surface area (Å²) in [7, 11) is 0.